The zero-order valence-electron chi connectivity index (χ0n) is 12.5. The van der Waals surface area contributed by atoms with E-state index in [-0.39, 0.29) is 16.5 Å². The summed E-state index contributed by atoms with van der Waals surface area (Å²) in [5.74, 6) is 0.818. The van der Waals surface area contributed by atoms with Crippen LogP contribution in [0.15, 0.2) is 41.7 Å². The van der Waals surface area contributed by atoms with E-state index < -0.39 is 11.0 Å². The van der Waals surface area contributed by atoms with Crippen molar-refractivity contribution in [3.05, 3.63) is 62.4 Å². The second-order valence-electron chi connectivity index (χ2n) is 5.83. The maximum absolute atomic E-state index is 12.5. The van der Waals surface area contributed by atoms with E-state index in [0.717, 1.165) is 24.4 Å². The van der Waals surface area contributed by atoms with Crippen LogP contribution in [0.25, 0.3) is 0 Å². The standard InChI is InChI=1S/C16H13ClN4O3/c17-10-5-4-9(8-12(10)21(23)24)16-15-11(2-1-3-13(15)22)19-14-6-7-18-20(14)16/h4-8,16,19H,1-3H2. The monoisotopic (exact) mass is 344 g/mol. The van der Waals surface area contributed by atoms with E-state index in [1.54, 1.807) is 16.9 Å². The summed E-state index contributed by atoms with van der Waals surface area (Å²) in [5.41, 5.74) is 1.96. The molecule has 2 heterocycles. The molecular formula is C16H13ClN4O3. The third-order valence-corrected chi connectivity index (χ3v) is 4.73. The number of Topliss-reactive ketones (excluding diaryl/α,β-unsaturated/α-hetero) is 1. The Bertz CT molecular complexity index is 902. The molecule has 0 amide bonds. The molecule has 0 spiro atoms. The van der Waals surface area contributed by atoms with Gasteiger partial charge in [-0.3, -0.25) is 14.9 Å². The van der Waals surface area contributed by atoms with Crippen LogP contribution < -0.4 is 5.32 Å². The van der Waals surface area contributed by atoms with Crippen molar-refractivity contribution in [3.63, 3.8) is 0 Å². The average Bonchev–Trinajstić information content (AvgIpc) is 3.01. The molecule has 8 heteroatoms. The number of carbonyl (C=O) groups excluding carboxylic acids is 1. The molecule has 2 aromatic rings. The molecule has 7 nitrogen and oxygen atoms in total. The quantitative estimate of drug-likeness (QED) is 0.665. The first-order chi connectivity index (χ1) is 11.6. The molecule has 1 N–H and O–H groups in total. The van der Waals surface area contributed by atoms with Gasteiger partial charge in [-0.1, -0.05) is 17.7 Å². The number of halogens is 1. The number of rotatable bonds is 2. The second kappa shape index (κ2) is 5.45. The lowest BCUT2D eigenvalue weighted by Gasteiger charge is -2.33. The highest BCUT2D eigenvalue weighted by molar-refractivity contribution is 6.32. The molecule has 0 fully saturated rings. The number of allylic oxidation sites excluding steroid dienone is 2. The average molecular weight is 345 g/mol. The van der Waals surface area contributed by atoms with Gasteiger partial charge < -0.3 is 5.32 Å². The van der Waals surface area contributed by atoms with E-state index >= 15 is 0 Å². The van der Waals surface area contributed by atoms with Gasteiger partial charge in [-0.05, 0) is 24.5 Å². The minimum atomic E-state index is -0.519. The van der Waals surface area contributed by atoms with Crippen molar-refractivity contribution in [1.29, 1.82) is 0 Å². The third kappa shape index (κ3) is 2.20. The summed E-state index contributed by atoms with van der Waals surface area (Å²) in [4.78, 5) is 23.2. The van der Waals surface area contributed by atoms with Crippen molar-refractivity contribution in [2.24, 2.45) is 0 Å². The molecular weight excluding hydrogens is 332 g/mol. The van der Waals surface area contributed by atoms with E-state index in [2.05, 4.69) is 10.4 Å². The molecule has 1 aliphatic heterocycles. The van der Waals surface area contributed by atoms with Crippen LogP contribution in [0.3, 0.4) is 0 Å². The smallest absolute Gasteiger partial charge is 0.288 e. The molecule has 2 aliphatic rings. The number of hydrogen-bond donors (Lipinski definition) is 1. The van der Waals surface area contributed by atoms with E-state index in [1.165, 1.54) is 12.1 Å². The highest BCUT2D eigenvalue weighted by Crippen LogP contribution is 2.41. The number of nitro groups is 1. The SMILES string of the molecule is O=C1CCCC2=C1C(c1ccc(Cl)c([N+](=O)[O-])c1)n1nccc1N2. The van der Waals surface area contributed by atoms with Crippen LogP contribution in [-0.2, 0) is 4.79 Å². The Hall–Kier alpha value is -2.67. The highest BCUT2D eigenvalue weighted by Gasteiger charge is 2.36. The van der Waals surface area contributed by atoms with Crippen molar-refractivity contribution in [3.8, 4) is 0 Å². The van der Waals surface area contributed by atoms with Crippen LogP contribution in [0.1, 0.15) is 30.9 Å². The van der Waals surface area contributed by atoms with Crippen molar-refractivity contribution >= 4 is 28.9 Å². The molecule has 4 rings (SSSR count). The Morgan fingerprint density at radius 3 is 2.96 bits per heavy atom. The Balaban J connectivity index is 1.92. The van der Waals surface area contributed by atoms with Gasteiger partial charge in [-0.2, -0.15) is 5.10 Å². The highest BCUT2D eigenvalue weighted by atomic mass is 35.5. The molecule has 1 atom stereocenters. The summed E-state index contributed by atoms with van der Waals surface area (Å²) in [6, 6.07) is 5.98. The van der Waals surface area contributed by atoms with Crippen molar-refractivity contribution in [2.45, 2.75) is 25.3 Å². The van der Waals surface area contributed by atoms with Gasteiger partial charge in [0.25, 0.3) is 5.69 Å². The fourth-order valence-electron chi connectivity index (χ4n) is 3.35. The third-order valence-electron chi connectivity index (χ3n) is 4.41. The second-order valence-corrected chi connectivity index (χ2v) is 6.23. The Morgan fingerprint density at radius 2 is 2.17 bits per heavy atom. The molecule has 1 aliphatic carbocycles. The predicted octanol–water partition coefficient (Wildman–Crippen LogP) is 3.47. The molecule has 0 radical (unpaired) electrons. The summed E-state index contributed by atoms with van der Waals surface area (Å²) in [6.07, 6.45) is 3.69. The molecule has 1 aromatic heterocycles. The number of fused-ring (bicyclic) bond motifs is 1. The first-order valence-electron chi connectivity index (χ1n) is 7.57. The number of nitro benzene ring substituents is 1. The first-order valence-corrected chi connectivity index (χ1v) is 7.94. The maximum atomic E-state index is 12.5. The molecule has 0 bridgehead atoms. The minimum absolute atomic E-state index is 0.0486. The maximum Gasteiger partial charge on any atom is 0.288 e. The van der Waals surface area contributed by atoms with Crippen LogP contribution in [0.4, 0.5) is 11.5 Å². The van der Waals surface area contributed by atoms with Crippen molar-refractivity contribution in [2.75, 3.05) is 5.32 Å². The fourth-order valence-corrected chi connectivity index (χ4v) is 3.54. The van der Waals surface area contributed by atoms with E-state index in [1.807, 2.05) is 6.07 Å². The minimum Gasteiger partial charge on any atom is -0.343 e. The van der Waals surface area contributed by atoms with Crippen LogP contribution in [0.2, 0.25) is 5.02 Å². The van der Waals surface area contributed by atoms with Gasteiger partial charge in [0.15, 0.2) is 5.78 Å². The van der Waals surface area contributed by atoms with Crippen LogP contribution >= 0.6 is 11.6 Å². The van der Waals surface area contributed by atoms with Crippen molar-refractivity contribution in [1.82, 2.24) is 9.78 Å². The van der Waals surface area contributed by atoms with Gasteiger partial charge in [0.1, 0.15) is 16.9 Å². The van der Waals surface area contributed by atoms with E-state index in [9.17, 15) is 14.9 Å². The molecule has 122 valence electrons. The molecule has 0 saturated carbocycles. The molecule has 24 heavy (non-hydrogen) atoms. The summed E-state index contributed by atoms with van der Waals surface area (Å²) < 4.78 is 1.69. The number of nitrogens with zero attached hydrogens (tertiary/aromatic N) is 3. The zero-order valence-corrected chi connectivity index (χ0v) is 13.3. The Labute approximate surface area is 142 Å². The topological polar surface area (TPSA) is 90.1 Å². The van der Waals surface area contributed by atoms with Crippen LogP contribution in [0.5, 0.6) is 0 Å². The summed E-state index contributed by atoms with van der Waals surface area (Å²) >= 11 is 5.92. The van der Waals surface area contributed by atoms with Gasteiger partial charge in [0.05, 0.1) is 11.1 Å². The van der Waals surface area contributed by atoms with Gasteiger partial charge in [-0.15, -0.1) is 0 Å². The fraction of sp³-hybridized carbons (Fsp3) is 0.250. The molecule has 1 aromatic carbocycles. The summed E-state index contributed by atoms with van der Waals surface area (Å²) in [7, 11) is 0. The zero-order chi connectivity index (χ0) is 16.8. The normalized spacial score (nSPS) is 19.5. The van der Waals surface area contributed by atoms with E-state index in [4.69, 9.17) is 11.6 Å². The Kier molecular flexibility index (Phi) is 3.38. The number of nitrogens with one attached hydrogen (secondary N) is 1. The lowest BCUT2D eigenvalue weighted by Crippen LogP contribution is -2.31. The number of aromatic nitrogens is 2. The van der Waals surface area contributed by atoms with Gasteiger partial charge in [0, 0.05) is 29.8 Å². The number of hydrogen-bond acceptors (Lipinski definition) is 5. The largest absolute Gasteiger partial charge is 0.343 e. The van der Waals surface area contributed by atoms with Crippen LogP contribution in [0, 0.1) is 10.1 Å². The lowest BCUT2D eigenvalue weighted by atomic mass is 9.85. The summed E-state index contributed by atoms with van der Waals surface area (Å²) in [5, 5.41) is 18.8. The van der Waals surface area contributed by atoms with Crippen molar-refractivity contribution < 1.29 is 9.72 Å². The van der Waals surface area contributed by atoms with E-state index in [0.29, 0.717) is 17.6 Å². The molecule has 1 unspecified atom stereocenters. The number of carbonyl (C=O) groups is 1. The van der Waals surface area contributed by atoms with Gasteiger partial charge in [0.2, 0.25) is 0 Å². The number of benzene rings is 1. The Morgan fingerprint density at radius 1 is 1.33 bits per heavy atom. The first kappa shape index (κ1) is 14.9. The number of ketones is 1. The van der Waals surface area contributed by atoms with Gasteiger partial charge >= 0.3 is 0 Å². The van der Waals surface area contributed by atoms with Crippen LogP contribution in [-0.4, -0.2) is 20.5 Å². The predicted molar refractivity (Wildman–Crippen MR) is 88.0 cm³/mol. The molecule has 0 saturated heterocycles. The summed E-state index contributed by atoms with van der Waals surface area (Å²) in [6.45, 7) is 0. The van der Waals surface area contributed by atoms with Gasteiger partial charge in [-0.25, -0.2) is 4.68 Å². The lowest BCUT2D eigenvalue weighted by molar-refractivity contribution is -0.384. The number of anilines is 1.